The minimum Gasteiger partial charge on any atom is -0.455 e. The first-order valence-corrected chi connectivity index (χ1v) is 20.9. The van der Waals surface area contributed by atoms with Crippen molar-refractivity contribution in [1.82, 2.24) is 0 Å². The Kier molecular flexibility index (Phi) is 7.75. The molecule has 0 atom stereocenters. The smallest absolute Gasteiger partial charge is 0.143 e. The molecule has 2 aromatic heterocycles. The van der Waals surface area contributed by atoms with Crippen LogP contribution in [-0.4, -0.2) is 0 Å². The highest BCUT2D eigenvalue weighted by Gasteiger charge is 2.23. The second kappa shape index (κ2) is 13.6. The van der Waals surface area contributed by atoms with Gasteiger partial charge in [-0.3, -0.25) is 0 Å². The summed E-state index contributed by atoms with van der Waals surface area (Å²) in [6.07, 6.45) is 0. The quantitative estimate of drug-likeness (QED) is 0.167. The molecule has 10 aromatic carbocycles. The van der Waals surface area contributed by atoms with Crippen molar-refractivity contribution in [2.24, 2.45) is 0 Å². The van der Waals surface area contributed by atoms with Gasteiger partial charge in [0.25, 0.3) is 0 Å². The Labute approximate surface area is 345 Å². The number of fused-ring (bicyclic) bond motifs is 9. The third-order valence-electron chi connectivity index (χ3n) is 11.9. The van der Waals surface area contributed by atoms with Crippen molar-refractivity contribution in [2.45, 2.75) is 0 Å². The molecule has 2 heterocycles. The molecular weight excluding hydrogens is 735 g/mol. The van der Waals surface area contributed by atoms with Crippen LogP contribution in [0.25, 0.3) is 97.0 Å². The van der Waals surface area contributed by atoms with E-state index >= 15 is 0 Å². The highest BCUT2D eigenvalue weighted by atomic mass is 32.1. The van der Waals surface area contributed by atoms with Crippen molar-refractivity contribution in [3.05, 3.63) is 212 Å². The van der Waals surface area contributed by atoms with Crippen LogP contribution in [0, 0.1) is 0 Å². The van der Waals surface area contributed by atoms with E-state index in [4.69, 9.17) is 4.42 Å². The van der Waals surface area contributed by atoms with Gasteiger partial charge >= 0.3 is 0 Å². The predicted molar refractivity (Wildman–Crippen MR) is 253 cm³/mol. The standard InChI is InChI=1S/C56H35NOS/c1-3-15-36(16-4-1)37-31-33-40(34-32-37)57(39-19-5-2-6-20-39)50-28-14-29-51-54(50)49-35-48(43-22-9-10-23-45(43)55(49)58-51)46-26-12-27-47-53-44(25-13-30-52(53)59-56(46)47)42-24-11-18-38-17-7-8-21-41(38)42/h1-35H. The molecule has 59 heavy (non-hydrogen) atoms. The molecule has 0 spiro atoms. The third kappa shape index (κ3) is 5.40. The van der Waals surface area contributed by atoms with E-state index in [0.717, 1.165) is 44.4 Å². The van der Waals surface area contributed by atoms with Crippen molar-refractivity contribution >= 4 is 92.1 Å². The minimum absolute atomic E-state index is 0.862. The van der Waals surface area contributed by atoms with Gasteiger partial charge in [-0.2, -0.15) is 0 Å². The second-order valence-electron chi connectivity index (χ2n) is 15.2. The Morgan fingerprint density at radius 2 is 0.983 bits per heavy atom. The molecule has 276 valence electrons. The number of hydrogen-bond donors (Lipinski definition) is 0. The number of thiophene rings is 1. The molecule has 0 unspecified atom stereocenters. The summed E-state index contributed by atoms with van der Waals surface area (Å²) in [5.74, 6) is 0. The highest BCUT2D eigenvalue weighted by molar-refractivity contribution is 7.26. The zero-order chi connectivity index (χ0) is 38.9. The Balaban J connectivity index is 1.10. The van der Waals surface area contributed by atoms with Crippen molar-refractivity contribution < 1.29 is 4.42 Å². The lowest BCUT2D eigenvalue weighted by atomic mass is 9.92. The van der Waals surface area contributed by atoms with Crippen LogP contribution < -0.4 is 4.90 Å². The van der Waals surface area contributed by atoms with Crippen molar-refractivity contribution in [3.63, 3.8) is 0 Å². The summed E-state index contributed by atoms with van der Waals surface area (Å²) >= 11 is 1.89. The lowest BCUT2D eigenvalue weighted by Crippen LogP contribution is -2.10. The van der Waals surface area contributed by atoms with Gasteiger partial charge in [0.15, 0.2) is 0 Å². The largest absolute Gasteiger partial charge is 0.455 e. The maximum atomic E-state index is 6.91. The molecule has 2 nitrogen and oxygen atoms in total. The molecular formula is C56H35NOS. The van der Waals surface area contributed by atoms with Gasteiger partial charge in [-0.1, -0.05) is 164 Å². The summed E-state index contributed by atoms with van der Waals surface area (Å²) in [6, 6.07) is 76.7. The Morgan fingerprint density at radius 1 is 0.373 bits per heavy atom. The van der Waals surface area contributed by atoms with E-state index in [0.29, 0.717) is 0 Å². The first kappa shape index (κ1) is 33.7. The molecule has 0 aliphatic rings. The molecule has 12 aromatic rings. The average Bonchev–Trinajstić information content (AvgIpc) is 3.89. The molecule has 0 bridgehead atoms. The summed E-state index contributed by atoms with van der Waals surface area (Å²) < 4.78 is 9.48. The van der Waals surface area contributed by atoms with Gasteiger partial charge in [0, 0.05) is 47.9 Å². The Bertz CT molecular complexity index is 3540. The molecule has 0 N–H and O–H groups in total. The molecule has 0 aliphatic heterocycles. The highest BCUT2D eigenvalue weighted by Crippen LogP contribution is 2.49. The van der Waals surface area contributed by atoms with Crippen LogP contribution in [0.5, 0.6) is 0 Å². The number of rotatable bonds is 6. The van der Waals surface area contributed by atoms with E-state index in [1.165, 1.54) is 69.7 Å². The normalized spacial score (nSPS) is 11.7. The van der Waals surface area contributed by atoms with Crippen LogP contribution in [0.4, 0.5) is 17.1 Å². The lowest BCUT2D eigenvalue weighted by molar-refractivity contribution is 0.672. The maximum absolute atomic E-state index is 6.91. The summed E-state index contributed by atoms with van der Waals surface area (Å²) in [4.78, 5) is 2.36. The number of nitrogens with zero attached hydrogens (tertiary/aromatic N) is 1. The summed E-state index contributed by atoms with van der Waals surface area (Å²) in [5.41, 5.74) is 12.4. The summed E-state index contributed by atoms with van der Waals surface area (Å²) in [6.45, 7) is 0. The zero-order valence-corrected chi connectivity index (χ0v) is 32.8. The summed E-state index contributed by atoms with van der Waals surface area (Å²) in [5, 5.41) is 9.59. The molecule has 0 aliphatic carbocycles. The van der Waals surface area contributed by atoms with Gasteiger partial charge in [-0.25, -0.2) is 0 Å². The molecule has 0 saturated heterocycles. The second-order valence-corrected chi connectivity index (χ2v) is 16.2. The van der Waals surface area contributed by atoms with Gasteiger partial charge in [-0.15, -0.1) is 11.3 Å². The fourth-order valence-electron chi connectivity index (χ4n) is 9.22. The number of anilines is 3. The monoisotopic (exact) mass is 769 g/mol. The Morgan fingerprint density at radius 3 is 1.83 bits per heavy atom. The van der Waals surface area contributed by atoms with E-state index in [9.17, 15) is 0 Å². The van der Waals surface area contributed by atoms with E-state index in [1.54, 1.807) is 0 Å². The maximum Gasteiger partial charge on any atom is 0.143 e. The molecule has 3 heteroatoms. The van der Waals surface area contributed by atoms with Crippen molar-refractivity contribution in [1.29, 1.82) is 0 Å². The van der Waals surface area contributed by atoms with Crippen molar-refractivity contribution in [2.75, 3.05) is 4.90 Å². The van der Waals surface area contributed by atoms with Crippen LogP contribution in [0.1, 0.15) is 0 Å². The minimum atomic E-state index is 0.862. The average molecular weight is 770 g/mol. The van der Waals surface area contributed by atoms with Crippen molar-refractivity contribution in [3.8, 4) is 33.4 Å². The first-order chi connectivity index (χ1) is 29.3. The van der Waals surface area contributed by atoms with E-state index in [1.807, 2.05) is 11.3 Å². The van der Waals surface area contributed by atoms with Crippen LogP contribution in [0.15, 0.2) is 217 Å². The molecule has 0 saturated carbocycles. The van der Waals surface area contributed by atoms with E-state index < -0.39 is 0 Å². The van der Waals surface area contributed by atoms with Gasteiger partial charge in [0.05, 0.1) is 11.1 Å². The van der Waals surface area contributed by atoms with Crippen LogP contribution >= 0.6 is 11.3 Å². The van der Waals surface area contributed by atoms with E-state index in [2.05, 4.69) is 217 Å². The molecule has 0 amide bonds. The predicted octanol–water partition coefficient (Wildman–Crippen LogP) is 16.7. The molecule has 0 radical (unpaired) electrons. The van der Waals surface area contributed by atoms with Gasteiger partial charge in [0.2, 0.25) is 0 Å². The van der Waals surface area contributed by atoms with E-state index in [-0.39, 0.29) is 0 Å². The van der Waals surface area contributed by atoms with Gasteiger partial charge < -0.3 is 9.32 Å². The van der Waals surface area contributed by atoms with Gasteiger partial charge in [0.1, 0.15) is 11.2 Å². The van der Waals surface area contributed by atoms with Crippen LogP contribution in [0.2, 0.25) is 0 Å². The molecule has 0 fully saturated rings. The number of hydrogen-bond acceptors (Lipinski definition) is 3. The number of benzene rings is 10. The topological polar surface area (TPSA) is 16.4 Å². The first-order valence-electron chi connectivity index (χ1n) is 20.1. The SMILES string of the molecule is c1ccc(-c2ccc(N(c3ccccc3)c3cccc4oc5c6ccccc6c(-c6cccc7c6sc6cccc(-c8cccc9ccccc89)c67)cc5c34)cc2)cc1. The summed E-state index contributed by atoms with van der Waals surface area (Å²) in [7, 11) is 0. The van der Waals surface area contributed by atoms with Crippen LogP contribution in [-0.2, 0) is 0 Å². The van der Waals surface area contributed by atoms with Gasteiger partial charge in [-0.05, 0) is 92.5 Å². The third-order valence-corrected chi connectivity index (χ3v) is 13.1. The van der Waals surface area contributed by atoms with Crippen LogP contribution in [0.3, 0.4) is 0 Å². The number of furan rings is 1. The Hall–Kier alpha value is -7.46. The lowest BCUT2D eigenvalue weighted by Gasteiger charge is -2.26. The zero-order valence-electron chi connectivity index (χ0n) is 32.0. The fraction of sp³-hybridized carbons (Fsp3) is 0. The molecule has 12 rings (SSSR count). The number of para-hydroxylation sites is 1. The fourth-order valence-corrected chi connectivity index (χ4v) is 10.5.